The molecule has 0 heterocycles. The summed E-state index contributed by atoms with van der Waals surface area (Å²) in [7, 11) is 0. The van der Waals surface area contributed by atoms with E-state index in [2.05, 4.69) is 10.6 Å². The molecule has 0 fully saturated rings. The van der Waals surface area contributed by atoms with Crippen LogP contribution >= 0.6 is 0 Å². The van der Waals surface area contributed by atoms with E-state index in [9.17, 15) is 9.59 Å². The zero-order chi connectivity index (χ0) is 16.5. The summed E-state index contributed by atoms with van der Waals surface area (Å²) in [6.45, 7) is 2.35. The summed E-state index contributed by atoms with van der Waals surface area (Å²) in [5.74, 6) is -0.0862. The monoisotopic (exact) mass is 310 g/mol. The van der Waals surface area contributed by atoms with Crippen LogP contribution in [0.5, 0.6) is 0 Å². The van der Waals surface area contributed by atoms with Gasteiger partial charge in [-0.05, 0) is 11.1 Å². The zero-order valence-corrected chi connectivity index (χ0v) is 13.3. The number of hydrogen-bond acceptors (Lipinski definition) is 2. The Bertz CT molecular complexity index is 587. The first-order chi connectivity index (χ1) is 11.2. The van der Waals surface area contributed by atoms with E-state index in [1.54, 1.807) is 0 Å². The highest BCUT2D eigenvalue weighted by molar-refractivity contribution is 5.77. The van der Waals surface area contributed by atoms with E-state index in [-0.39, 0.29) is 17.7 Å². The van der Waals surface area contributed by atoms with Crippen molar-refractivity contribution in [1.82, 2.24) is 10.6 Å². The molecule has 23 heavy (non-hydrogen) atoms. The molecule has 0 spiro atoms. The largest absolute Gasteiger partial charge is 0.355 e. The summed E-state index contributed by atoms with van der Waals surface area (Å²) in [4.78, 5) is 23.0. The van der Waals surface area contributed by atoms with Gasteiger partial charge >= 0.3 is 0 Å². The molecular weight excluding hydrogens is 288 g/mol. The van der Waals surface area contributed by atoms with Gasteiger partial charge in [-0.25, -0.2) is 0 Å². The fraction of sp³-hybridized carbons (Fsp3) is 0.263. The smallest absolute Gasteiger partial charge is 0.221 e. The summed E-state index contributed by atoms with van der Waals surface area (Å²) in [6.07, 6.45) is 0.383. The highest BCUT2D eigenvalue weighted by atomic mass is 16.2. The third-order valence-electron chi connectivity index (χ3n) is 3.61. The SMILES string of the molecule is CC(=O)NCCNC(=O)CC(c1ccccc1)c1ccccc1. The fourth-order valence-corrected chi connectivity index (χ4v) is 2.50. The Hall–Kier alpha value is -2.62. The van der Waals surface area contributed by atoms with Crippen molar-refractivity contribution in [1.29, 1.82) is 0 Å². The minimum absolute atomic E-state index is 0.0203. The molecule has 2 aromatic rings. The minimum atomic E-state index is -0.0919. The van der Waals surface area contributed by atoms with Gasteiger partial charge in [0.1, 0.15) is 0 Å². The molecule has 0 unspecified atom stereocenters. The van der Waals surface area contributed by atoms with Crippen molar-refractivity contribution < 1.29 is 9.59 Å². The molecule has 4 nitrogen and oxygen atoms in total. The number of carbonyl (C=O) groups is 2. The van der Waals surface area contributed by atoms with Crippen molar-refractivity contribution in [2.24, 2.45) is 0 Å². The van der Waals surface area contributed by atoms with Gasteiger partial charge in [0.05, 0.1) is 0 Å². The first kappa shape index (κ1) is 16.7. The third kappa shape index (κ3) is 5.58. The Morgan fingerprint density at radius 2 is 1.30 bits per heavy atom. The molecule has 2 amide bonds. The maximum Gasteiger partial charge on any atom is 0.221 e. The average Bonchev–Trinajstić information content (AvgIpc) is 2.58. The predicted molar refractivity (Wildman–Crippen MR) is 91.0 cm³/mol. The van der Waals surface area contributed by atoms with Crippen molar-refractivity contribution in [3.05, 3.63) is 71.8 Å². The zero-order valence-electron chi connectivity index (χ0n) is 13.3. The quantitative estimate of drug-likeness (QED) is 0.772. The first-order valence-electron chi connectivity index (χ1n) is 7.78. The number of nitrogens with one attached hydrogen (secondary N) is 2. The van der Waals surface area contributed by atoms with Crippen LogP contribution in [-0.4, -0.2) is 24.9 Å². The van der Waals surface area contributed by atoms with Gasteiger partial charge in [-0.1, -0.05) is 60.7 Å². The van der Waals surface area contributed by atoms with E-state index >= 15 is 0 Å². The second kappa shape index (κ2) is 8.73. The molecule has 0 atom stereocenters. The molecule has 2 aromatic carbocycles. The van der Waals surface area contributed by atoms with E-state index in [1.165, 1.54) is 6.92 Å². The van der Waals surface area contributed by atoms with Crippen LogP contribution in [0.25, 0.3) is 0 Å². The van der Waals surface area contributed by atoms with Crippen LogP contribution in [0, 0.1) is 0 Å². The number of amides is 2. The lowest BCUT2D eigenvalue weighted by molar-refractivity contribution is -0.122. The molecule has 0 saturated heterocycles. The normalized spacial score (nSPS) is 10.3. The van der Waals surface area contributed by atoms with Crippen LogP contribution in [0.4, 0.5) is 0 Å². The van der Waals surface area contributed by atoms with Crippen molar-refractivity contribution >= 4 is 11.8 Å². The predicted octanol–water partition coefficient (Wildman–Crippen LogP) is 2.46. The number of hydrogen-bond donors (Lipinski definition) is 2. The Balaban J connectivity index is 2.01. The molecule has 0 bridgehead atoms. The van der Waals surface area contributed by atoms with E-state index in [0.29, 0.717) is 19.5 Å². The summed E-state index contributed by atoms with van der Waals surface area (Å²) < 4.78 is 0. The molecule has 0 aromatic heterocycles. The van der Waals surface area contributed by atoms with Gasteiger partial charge in [-0.2, -0.15) is 0 Å². The molecule has 4 heteroatoms. The standard InChI is InChI=1S/C19H22N2O2/c1-15(22)20-12-13-21-19(23)14-18(16-8-4-2-5-9-16)17-10-6-3-7-11-17/h2-11,18H,12-14H2,1H3,(H,20,22)(H,21,23). The van der Waals surface area contributed by atoms with E-state index in [1.807, 2.05) is 60.7 Å². The van der Waals surface area contributed by atoms with Crippen LogP contribution in [0.2, 0.25) is 0 Å². The summed E-state index contributed by atoms with van der Waals surface area (Å²) in [5.41, 5.74) is 2.24. The lowest BCUT2D eigenvalue weighted by Crippen LogP contribution is -2.34. The van der Waals surface area contributed by atoms with Crippen LogP contribution < -0.4 is 10.6 Å². The number of carbonyl (C=O) groups excluding carboxylic acids is 2. The summed E-state index contributed by atoms with van der Waals surface area (Å²) in [5, 5.41) is 5.52. The lowest BCUT2D eigenvalue weighted by Gasteiger charge is -2.18. The van der Waals surface area contributed by atoms with Crippen LogP contribution in [0.1, 0.15) is 30.4 Å². The first-order valence-corrected chi connectivity index (χ1v) is 7.78. The van der Waals surface area contributed by atoms with E-state index < -0.39 is 0 Å². The molecular formula is C19H22N2O2. The van der Waals surface area contributed by atoms with Gasteiger partial charge in [0.15, 0.2) is 0 Å². The molecule has 0 aliphatic heterocycles. The van der Waals surface area contributed by atoms with Crippen molar-refractivity contribution in [3.8, 4) is 0 Å². The Labute approximate surface area is 136 Å². The van der Waals surface area contributed by atoms with Gasteiger partial charge in [0.2, 0.25) is 11.8 Å². The molecule has 120 valence electrons. The van der Waals surface area contributed by atoms with Gasteiger partial charge in [0, 0.05) is 32.4 Å². The Morgan fingerprint density at radius 3 is 1.78 bits per heavy atom. The highest BCUT2D eigenvalue weighted by Gasteiger charge is 2.17. The molecule has 2 rings (SSSR count). The van der Waals surface area contributed by atoms with Crippen LogP contribution in [-0.2, 0) is 9.59 Å². The van der Waals surface area contributed by atoms with Crippen LogP contribution in [0.3, 0.4) is 0 Å². The number of benzene rings is 2. The Kier molecular flexibility index (Phi) is 6.36. The molecule has 0 saturated carbocycles. The van der Waals surface area contributed by atoms with E-state index in [0.717, 1.165) is 11.1 Å². The molecule has 0 radical (unpaired) electrons. The van der Waals surface area contributed by atoms with Gasteiger partial charge in [-0.3, -0.25) is 9.59 Å². The molecule has 0 aliphatic carbocycles. The summed E-state index contributed by atoms with van der Waals surface area (Å²) in [6, 6.07) is 20.1. The highest BCUT2D eigenvalue weighted by Crippen LogP contribution is 2.27. The van der Waals surface area contributed by atoms with Crippen LogP contribution in [0.15, 0.2) is 60.7 Å². The topological polar surface area (TPSA) is 58.2 Å². The van der Waals surface area contributed by atoms with Gasteiger partial charge in [0.25, 0.3) is 0 Å². The second-order valence-corrected chi connectivity index (χ2v) is 5.41. The lowest BCUT2D eigenvalue weighted by atomic mass is 9.88. The summed E-state index contributed by atoms with van der Waals surface area (Å²) >= 11 is 0. The second-order valence-electron chi connectivity index (χ2n) is 5.41. The minimum Gasteiger partial charge on any atom is -0.355 e. The molecule has 2 N–H and O–H groups in total. The van der Waals surface area contributed by atoms with Gasteiger partial charge in [-0.15, -0.1) is 0 Å². The third-order valence-corrected chi connectivity index (χ3v) is 3.61. The van der Waals surface area contributed by atoms with Crippen molar-refractivity contribution in [2.75, 3.05) is 13.1 Å². The maximum atomic E-state index is 12.2. The van der Waals surface area contributed by atoms with Crippen molar-refractivity contribution in [3.63, 3.8) is 0 Å². The number of rotatable bonds is 7. The average molecular weight is 310 g/mol. The Morgan fingerprint density at radius 1 is 0.826 bits per heavy atom. The van der Waals surface area contributed by atoms with Gasteiger partial charge < -0.3 is 10.6 Å². The maximum absolute atomic E-state index is 12.2. The van der Waals surface area contributed by atoms with Crippen molar-refractivity contribution in [2.45, 2.75) is 19.3 Å². The molecule has 0 aliphatic rings. The van der Waals surface area contributed by atoms with E-state index in [4.69, 9.17) is 0 Å². The fourth-order valence-electron chi connectivity index (χ4n) is 2.50.